The van der Waals surface area contributed by atoms with E-state index in [-0.39, 0.29) is 36.6 Å². The number of aliphatic imine (C=N–C) groups is 1. The van der Waals surface area contributed by atoms with Gasteiger partial charge in [0.15, 0.2) is 6.04 Å². The van der Waals surface area contributed by atoms with E-state index in [1.807, 2.05) is 20.8 Å². The second-order valence-corrected chi connectivity index (χ2v) is 23.0. The number of nitrogens with zero attached hydrogens (tertiary/aromatic N) is 2. The van der Waals surface area contributed by atoms with E-state index in [0.29, 0.717) is 5.06 Å². The van der Waals surface area contributed by atoms with Crippen molar-refractivity contribution < 1.29 is 81.3 Å². The molecule has 82 heavy (non-hydrogen) atoms. The summed E-state index contributed by atoms with van der Waals surface area (Å²) in [5.41, 5.74) is 5.66. The maximum absolute atomic E-state index is 11.9. The summed E-state index contributed by atoms with van der Waals surface area (Å²) in [6.07, 6.45) is 2.49. The molecule has 1 aliphatic rings. The van der Waals surface area contributed by atoms with Crippen molar-refractivity contribution in [3.05, 3.63) is 35.9 Å². The van der Waals surface area contributed by atoms with Crippen LogP contribution < -0.4 is 27.0 Å². The lowest BCUT2D eigenvalue weighted by Gasteiger charge is -2.24. The van der Waals surface area contributed by atoms with Crippen LogP contribution in [-0.4, -0.2) is 140 Å². The van der Waals surface area contributed by atoms with Crippen LogP contribution in [0.3, 0.4) is 0 Å². The van der Waals surface area contributed by atoms with Crippen LogP contribution in [0.1, 0.15) is 164 Å². The number of rotatable bonds is 18. The summed E-state index contributed by atoms with van der Waals surface area (Å²) < 4.78 is 23.7. The zero-order chi connectivity index (χ0) is 65.0. The lowest BCUT2D eigenvalue weighted by atomic mass is 10.0. The number of esters is 5. The van der Waals surface area contributed by atoms with Gasteiger partial charge in [0.1, 0.15) is 41.4 Å². The summed E-state index contributed by atoms with van der Waals surface area (Å²) in [5, 5.41) is 9.96. The zero-order valence-corrected chi connectivity index (χ0v) is 53.3. The highest BCUT2D eigenvalue weighted by Gasteiger charge is 2.35. The lowest BCUT2D eigenvalue weighted by molar-refractivity contribution is -0.198. The highest BCUT2D eigenvalue weighted by Crippen LogP contribution is 2.14. The van der Waals surface area contributed by atoms with Gasteiger partial charge in [-0.1, -0.05) is 113 Å². The third-order valence-electron chi connectivity index (χ3n) is 10.7. The van der Waals surface area contributed by atoms with Crippen molar-refractivity contribution in [1.29, 1.82) is 0 Å². The largest absolute Gasteiger partial charge is 0.467 e. The minimum atomic E-state index is -1.14. The fourth-order valence-electron chi connectivity index (χ4n) is 5.48. The number of urea groups is 2. The number of amides is 6. The van der Waals surface area contributed by atoms with Crippen LogP contribution >= 0.6 is 0 Å². The third-order valence-corrected chi connectivity index (χ3v) is 10.7. The summed E-state index contributed by atoms with van der Waals surface area (Å²) in [6.45, 7) is 39.1. The van der Waals surface area contributed by atoms with Crippen LogP contribution in [-0.2, 0) is 78.1 Å². The maximum Gasteiger partial charge on any atom is 0.355 e. The van der Waals surface area contributed by atoms with Gasteiger partial charge in [0.2, 0.25) is 6.08 Å². The van der Waals surface area contributed by atoms with Crippen LogP contribution in [0.15, 0.2) is 35.3 Å². The predicted molar refractivity (Wildman–Crippen MR) is 309 cm³/mol. The Morgan fingerprint density at radius 3 is 1.18 bits per heavy atom. The monoisotopic (exact) mass is 1170 g/mol. The number of methoxy groups -OCH3 is 3. The molecule has 470 valence electrons. The standard InChI is InChI=1S/C14H21N3O7.C14H26N2O5.C10H14.C7H11NO3.C7H15NO2.C6H14/c1-7(2)11(13(21)23-4)16-14(22)15-8(3)12(20)24-17-9(18)5-6-10(17)19;1-8(2)10(12(18)20-7)16-13(19)15-9(3)11(17)21-14(4,5)6;1-9(2)8-10-6-4-3-5-7-10;1-5(2)6(8-4-9)7(10)11-3;1-5(8)6(9)10-7(2,3)4;1-5(2)6(3)4/h7-8,11H,5-6H2,1-4H3,(H2,15,16,22);8-10H,1-7H3,(H2,15,16,19);3-7,9H,8H2,1-2H3;5-6H,1-3H3;5H,8H2,1-4H3;5-6H,1-4H3/t8-,11-;9-,10-;;6-;5-;/m00.00./s1. The highest BCUT2D eigenvalue weighted by atomic mass is 16.7. The first kappa shape index (κ1) is 81.5. The number of isocyanates is 1. The zero-order valence-electron chi connectivity index (χ0n) is 53.3. The molecule has 1 saturated heterocycles. The number of ether oxygens (including phenoxy) is 5. The smallest absolute Gasteiger partial charge is 0.355 e. The Labute approximate surface area is 487 Å². The molecule has 1 aromatic carbocycles. The molecule has 2 rings (SSSR count). The molecule has 1 heterocycles. The fourth-order valence-corrected chi connectivity index (χ4v) is 5.48. The van der Waals surface area contributed by atoms with E-state index in [1.54, 1.807) is 69.2 Å². The first-order valence-electron chi connectivity index (χ1n) is 27.3. The number of nitrogens with one attached hydrogen (secondary N) is 4. The minimum Gasteiger partial charge on any atom is -0.467 e. The number of carbonyl (C=O) groups excluding carboxylic acids is 11. The molecule has 6 atom stereocenters. The van der Waals surface area contributed by atoms with Gasteiger partial charge < -0.3 is 55.5 Å². The van der Waals surface area contributed by atoms with E-state index in [4.69, 9.17) is 15.2 Å². The van der Waals surface area contributed by atoms with E-state index in [2.05, 4.69) is 117 Å². The number of imide groups is 1. The first-order chi connectivity index (χ1) is 37.5. The van der Waals surface area contributed by atoms with Crippen molar-refractivity contribution in [1.82, 2.24) is 26.3 Å². The Balaban J connectivity index is -0.000000473. The number of hydroxylamine groups is 2. The fraction of sp³-hybridized carbons (Fsp3) is 0.707. The van der Waals surface area contributed by atoms with Gasteiger partial charge in [0.25, 0.3) is 11.8 Å². The van der Waals surface area contributed by atoms with Gasteiger partial charge in [-0.05, 0) is 110 Å². The lowest BCUT2D eigenvalue weighted by Crippen LogP contribution is -2.53. The van der Waals surface area contributed by atoms with Crippen LogP contribution in [0, 0.1) is 35.5 Å². The Hall–Kier alpha value is -6.94. The number of hydrogen-bond donors (Lipinski definition) is 5. The molecule has 1 aliphatic heterocycles. The topological polar surface area (TPSA) is 333 Å². The van der Waals surface area contributed by atoms with Crippen molar-refractivity contribution >= 4 is 65.8 Å². The van der Waals surface area contributed by atoms with Gasteiger partial charge in [-0.3, -0.25) is 14.4 Å². The van der Waals surface area contributed by atoms with Crippen LogP contribution in [0.25, 0.3) is 0 Å². The molecule has 0 saturated carbocycles. The normalized spacial score (nSPS) is 13.9. The summed E-state index contributed by atoms with van der Waals surface area (Å²) in [6, 6.07) is 4.32. The van der Waals surface area contributed by atoms with Gasteiger partial charge in [-0.2, -0.15) is 4.99 Å². The summed E-state index contributed by atoms with van der Waals surface area (Å²) >= 11 is 0. The Morgan fingerprint density at radius 2 is 0.902 bits per heavy atom. The second kappa shape index (κ2) is 42.0. The van der Waals surface area contributed by atoms with Gasteiger partial charge in [0, 0.05) is 12.8 Å². The first-order valence-corrected chi connectivity index (χ1v) is 27.3. The summed E-state index contributed by atoms with van der Waals surface area (Å²) in [7, 11) is 3.71. The van der Waals surface area contributed by atoms with Crippen molar-refractivity contribution in [2.45, 2.75) is 212 Å². The Bertz CT molecular complexity index is 2140. The number of benzene rings is 1. The van der Waals surface area contributed by atoms with Crippen molar-refractivity contribution in [2.24, 2.45) is 46.2 Å². The summed E-state index contributed by atoms with van der Waals surface area (Å²) in [5.74, 6) is -2.70. The number of carbonyl (C=O) groups is 10. The van der Waals surface area contributed by atoms with Gasteiger partial charge in [-0.15, -0.1) is 5.06 Å². The average Bonchev–Trinajstić information content (AvgIpc) is 3.67. The average molecular weight is 1170 g/mol. The van der Waals surface area contributed by atoms with E-state index >= 15 is 0 Å². The molecule has 6 amide bonds. The Kier molecular flexibility index (Phi) is 41.7. The van der Waals surface area contributed by atoms with Gasteiger partial charge >= 0.3 is 47.9 Å². The molecule has 1 fully saturated rings. The van der Waals surface area contributed by atoms with Crippen molar-refractivity contribution in [3.63, 3.8) is 0 Å². The van der Waals surface area contributed by atoms with Crippen LogP contribution in [0.4, 0.5) is 9.59 Å². The third kappa shape index (κ3) is 40.3. The molecule has 24 nitrogen and oxygen atoms in total. The predicted octanol–water partition coefficient (Wildman–Crippen LogP) is 7.07. The van der Waals surface area contributed by atoms with Gasteiger partial charge in [0.05, 0.1) is 21.3 Å². The molecule has 1 aromatic rings. The quantitative estimate of drug-likeness (QED) is 0.0322. The number of hydrogen-bond acceptors (Lipinski definition) is 19. The molecule has 0 spiro atoms. The molecule has 0 aromatic heterocycles. The molecule has 0 bridgehead atoms. The second-order valence-electron chi connectivity index (χ2n) is 23.0. The minimum absolute atomic E-state index is 0.0242. The highest BCUT2D eigenvalue weighted by molar-refractivity contribution is 6.02. The molecule has 0 radical (unpaired) electrons. The molecule has 24 heteroatoms. The van der Waals surface area contributed by atoms with Crippen LogP contribution in [0.5, 0.6) is 0 Å². The molecular formula is C58H101N7O17. The SMILES string of the molecule is CC(C)C(C)C.CC(C)Cc1ccccc1.COC(=O)[C@@H](N=C=O)C(C)C.COC(=O)[C@@H](NC(=O)N[C@@H](C)C(=O)OC(C)(C)C)C(C)C.COC(=O)[C@@H](NC(=O)N[C@@H](C)C(=O)ON1C(=O)CCC1=O)C(C)C.C[C@H](N)C(=O)OC(C)(C)C. The van der Waals surface area contributed by atoms with E-state index in [9.17, 15) is 52.7 Å². The Morgan fingerprint density at radius 1 is 0.537 bits per heavy atom. The molecule has 6 N–H and O–H groups in total. The van der Waals surface area contributed by atoms with Crippen LogP contribution in [0.2, 0.25) is 0 Å². The molecular weight excluding hydrogens is 1070 g/mol. The summed E-state index contributed by atoms with van der Waals surface area (Å²) in [4.78, 5) is 133. The van der Waals surface area contributed by atoms with Crippen molar-refractivity contribution in [2.75, 3.05) is 21.3 Å². The van der Waals surface area contributed by atoms with E-state index in [0.717, 1.165) is 17.8 Å². The van der Waals surface area contributed by atoms with Crippen molar-refractivity contribution in [3.8, 4) is 0 Å². The van der Waals surface area contributed by atoms with E-state index < -0.39 is 101 Å². The van der Waals surface area contributed by atoms with E-state index in [1.165, 1.54) is 53.2 Å². The maximum atomic E-state index is 11.9. The molecule has 0 aliphatic carbocycles. The molecule has 0 unspecified atom stereocenters. The van der Waals surface area contributed by atoms with Gasteiger partial charge in [-0.25, -0.2) is 38.4 Å². The number of nitrogens with two attached hydrogens (primary N) is 1.